The van der Waals surface area contributed by atoms with Crippen molar-refractivity contribution < 1.29 is 22.7 Å². The first kappa shape index (κ1) is 29.9. The van der Waals surface area contributed by atoms with Gasteiger partial charge in [0.25, 0.3) is 15.9 Å². The van der Waals surface area contributed by atoms with Gasteiger partial charge >= 0.3 is 0 Å². The lowest BCUT2D eigenvalue weighted by atomic mass is 10.2. The molecule has 0 spiro atoms. The van der Waals surface area contributed by atoms with Crippen LogP contribution in [0.15, 0.2) is 77.7 Å². The minimum Gasteiger partial charge on any atom is -0.494 e. The Bertz CT molecular complexity index is 1310. The van der Waals surface area contributed by atoms with Crippen LogP contribution in [0.2, 0.25) is 0 Å². The van der Waals surface area contributed by atoms with Gasteiger partial charge in [-0.25, -0.2) is 8.42 Å². The number of rotatable bonds is 14. The Hall–Kier alpha value is -3.63. The van der Waals surface area contributed by atoms with Gasteiger partial charge in [0.2, 0.25) is 0 Å². The molecule has 0 saturated carbocycles. The fraction of sp³-hybridized carbons (Fsp3) is 0.310. The lowest BCUT2D eigenvalue weighted by Crippen LogP contribution is -2.34. The molecule has 3 aromatic rings. The maximum atomic E-state index is 12.7. The van der Waals surface area contributed by atoms with Crippen molar-refractivity contribution in [2.45, 2.75) is 50.8 Å². The van der Waals surface area contributed by atoms with E-state index in [1.807, 2.05) is 6.92 Å². The molecular weight excluding hydrogens is 534 g/mol. The second-order valence-electron chi connectivity index (χ2n) is 8.78. The van der Waals surface area contributed by atoms with Gasteiger partial charge in [0, 0.05) is 16.9 Å². The van der Waals surface area contributed by atoms with Crippen molar-refractivity contribution in [3.63, 3.8) is 0 Å². The number of anilines is 2. The first-order valence-corrected chi connectivity index (χ1v) is 14.9. The van der Waals surface area contributed by atoms with Crippen molar-refractivity contribution in [3.05, 3.63) is 78.4 Å². The van der Waals surface area contributed by atoms with Crippen molar-refractivity contribution in [1.82, 2.24) is 5.32 Å². The van der Waals surface area contributed by atoms with Crippen LogP contribution in [0.5, 0.6) is 11.5 Å². The van der Waals surface area contributed by atoms with E-state index in [9.17, 15) is 13.2 Å². The highest BCUT2D eigenvalue weighted by molar-refractivity contribution is 7.92. The summed E-state index contributed by atoms with van der Waals surface area (Å²) in [5.74, 6) is 1.01. The smallest absolute Gasteiger partial charge is 0.261 e. The molecule has 0 saturated heterocycles. The summed E-state index contributed by atoms with van der Waals surface area (Å²) in [4.78, 5) is 12.6. The van der Waals surface area contributed by atoms with Crippen LogP contribution in [0.4, 0.5) is 11.4 Å². The summed E-state index contributed by atoms with van der Waals surface area (Å²) in [5, 5.41) is 5.61. The molecule has 0 heterocycles. The summed E-state index contributed by atoms with van der Waals surface area (Å²) in [5.41, 5.74) is 1.39. The third-order valence-corrected chi connectivity index (χ3v) is 7.30. The molecule has 0 aliphatic heterocycles. The molecule has 0 unspecified atom stereocenters. The number of ether oxygens (including phenoxy) is 2. The van der Waals surface area contributed by atoms with E-state index in [4.69, 9.17) is 21.7 Å². The number of sulfonamides is 1. The standard InChI is InChI=1S/C29H35N3O5S2/c1-3-5-6-7-8-21-37-26-15-9-22(10-16-26)28(33)31-29(38)30-23-13-19-27(20-14-23)39(34,35)32-24-11-17-25(18-12-24)36-4-2/h9-20,32H,3-8,21H2,1-2H3,(H2,30,31,33,38). The van der Waals surface area contributed by atoms with E-state index < -0.39 is 10.0 Å². The van der Waals surface area contributed by atoms with Crippen molar-refractivity contribution in [3.8, 4) is 11.5 Å². The molecule has 0 fully saturated rings. The van der Waals surface area contributed by atoms with Crippen LogP contribution in [0.25, 0.3) is 0 Å². The molecule has 0 atom stereocenters. The topological polar surface area (TPSA) is 106 Å². The molecule has 3 N–H and O–H groups in total. The number of hydrogen-bond donors (Lipinski definition) is 3. The Morgan fingerprint density at radius 1 is 0.769 bits per heavy atom. The zero-order valence-electron chi connectivity index (χ0n) is 22.2. The van der Waals surface area contributed by atoms with Crippen LogP contribution in [0.3, 0.4) is 0 Å². The number of amides is 1. The summed E-state index contributed by atoms with van der Waals surface area (Å²) in [6, 6.07) is 19.6. The highest BCUT2D eigenvalue weighted by Crippen LogP contribution is 2.21. The molecule has 0 radical (unpaired) electrons. The van der Waals surface area contributed by atoms with Crippen LogP contribution in [0.1, 0.15) is 56.3 Å². The van der Waals surface area contributed by atoms with Crippen LogP contribution in [-0.2, 0) is 10.0 Å². The zero-order chi connectivity index (χ0) is 28.1. The van der Waals surface area contributed by atoms with Crippen LogP contribution >= 0.6 is 12.2 Å². The Kier molecular flexibility index (Phi) is 11.6. The van der Waals surface area contributed by atoms with Gasteiger partial charge in [0.1, 0.15) is 11.5 Å². The highest BCUT2D eigenvalue weighted by Gasteiger charge is 2.15. The first-order chi connectivity index (χ1) is 18.8. The summed E-state index contributed by atoms with van der Waals surface area (Å²) < 4.78 is 39.1. The van der Waals surface area contributed by atoms with E-state index in [1.165, 1.54) is 31.4 Å². The molecular formula is C29H35N3O5S2. The minimum atomic E-state index is -3.79. The maximum Gasteiger partial charge on any atom is 0.261 e. The largest absolute Gasteiger partial charge is 0.494 e. The summed E-state index contributed by atoms with van der Waals surface area (Å²) >= 11 is 5.25. The first-order valence-electron chi connectivity index (χ1n) is 13.0. The summed E-state index contributed by atoms with van der Waals surface area (Å²) in [6.45, 7) is 5.25. The average molecular weight is 570 g/mol. The summed E-state index contributed by atoms with van der Waals surface area (Å²) in [6.07, 6.45) is 5.84. The normalized spacial score (nSPS) is 10.9. The van der Waals surface area contributed by atoms with Crippen molar-refractivity contribution in [2.75, 3.05) is 23.3 Å². The Balaban J connectivity index is 1.47. The second kappa shape index (κ2) is 15.1. The molecule has 10 heteroatoms. The lowest BCUT2D eigenvalue weighted by molar-refractivity contribution is 0.0977. The van der Waals surface area contributed by atoms with Gasteiger partial charge in [-0.1, -0.05) is 32.6 Å². The van der Waals surface area contributed by atoms with Crippen molar-refractivity contribution in [2.24, 2.45) is 0 Å². The van der Waals surface area contributed by atoms with E-state index in [0.717, 1.165) is 18.6 Å². The molecule has 0 aliphatic rings. The third kappa shape index (κ3) is 9.88. The van der Waals surface area contributed by atoms with Gasteiger partial charge in [-0.2, -0.15) is 0 Å². The molecule has 0 bridgehead atoms. The molecule has 1 amide bonds. The van der Waals surface area contributed by atoms with E-state index in [0.29, 0.717) is 35.9 Å². The molecule has 0 aliphatic carbocycles. The predicted octanol–water partition coefficient (Wildman–Crippen LogP) is 6.36. The minimum absolute atomic E-state index is 0.0835. The second-order valence-corrected chi connectivity index (χ2v) is 10.9. The van der Waals surface area contributed by atoms with Crippen LogP contribution in [-0.4, -0.2) is 32.7 Å². The molecule has 0 aromatic heterocycles. The third-order valence-electron chi connectivity index (χ3n) is 5.70. The fourth-order valence-electron chi connectivity index (χ4n) is 3.65. The summed E-state index contributed by atoms with van der Waals surface area (Å²) in [7, 11) is -3.79. The van der Waals surface area contributed by atoms with Gasteiger partial charge in [0.05, 0.1) is 18.1 Å². The highest BCUT2D eigenvalue weighted by atomic mass is 32.2. The van der Waals surface area contributed by atoms with Gasteiger partial charge in [-0.3, -0.25) is 14.8 Å². The number of carbonyl (C=O) groups excluding carboxylic acids is 1. The van der Waals surface area contributed by atoms with Gasteiger partial charge < -0.3 is 14.8 Å². The molecule has 3 rings (SSSR count). The molecule has 3 aromatic carbocycles. The van der Waals surface area contributed by atoms with Crippen LogP contribution < -0.4 is 24.8 Å². The lowest BCUT2D eigenvalue weighted by Gasteiger charge is -2.12. The number of hydrogen-bond acceptors (Lipinski definition) is 6. The average Bonchev–Trinajstić information content (AvgIpc) is 2.92. The number of carbonyl (C=O) groups is 1. The molecule has 8 nitrogen and oxygen atoms in total. The number of unbranched alkanes of at least 4 members (excludes halogenated alkanes) is 4. The van der Waals surface area contributed by atoms with E-state index in [1.54, 1.807) is 60.7 Å². The maximum absolute atomic E-state index is 12.7. The quantitative estimate of drug-likeness (QED) is 0.153. The van der Waals surface area contributed by atoms with E-state index >= 15 is 0 Å². The van der Waals surface area contributed by atoms with Crippen molar-refractivity contribution in [1.29, 1.82) is 0 Å². The monoisotopic (exact) mass is 569 g/mol. The predicted molar refractivity (Wildman–Crippen MR) is 159 cm³/mol. The van der Waals surface area contributed by atoms with Gasteiger partial charge in [-0.05, 0) is 98.4 Å². The van der Waals surface area contributed by atoms with Crippen molar-refractivity contribution >= 4 is 44.6 Å². The van der Waals surface area contributed by atoms with Gasteiger partial charge in [-0.15, -0.1) is 0 Å². The number of nitrogens with one attached hydrogen (secondary N) is 3. The Morgan fingerprint density at radius 2 is 1.36 bits per heavy atom. The molecule has 208 valence electrons. The van der Waals surface area contributed by atoms with E-state index in [-0.39, 0.29) is 15.9 Å². The van der Waals surface area contributed by atoms with Gasteiger partial charge in [0.15, 0.2) is 5.11 Å². The Morgan fingerprint density at radius 3 is 2.00 bits per heavy atom. The SMILES string of the molecule is CCCCCCCOc1ccc(C(=O)NC(=S)Nc2ccc(S(=O)(=O)Nc3ccc(OCC)cc3)cc2)cc1. The van der Waals surface area contributed by atoms with E-state index in [2.05, 4.69) is 22.3 Å². The number of thiocarbonyl (C=S) groups is 1. The van der Waals surface area contributed by atoms with Crippen LogP contribution in [0, 0.1) is 0 Å². The molecule has 39 heavy (non-hydrogen) atoms. The zero-order valence-corrected chi connectivity index (χ0v) is 23.9. The number of benzene rings is 3. The Labute approximate surface area is 236 Å². The fourth-order valence-corrected chi connectivity index (χ4v) is 4.92.